The number of pyridine rings is 1. The number of aromatic nitrogens is 3. The first kappa shape index (κ1) is 20.7. The van der Waals surface area contributed by atoms with E-state index in [2.05, 4.69) is 52.5 Å². The Balaban J connectivity index is 1.26. The molecule has 6 nitrogen and oxygen atoms in total. The highest BCUT2D eigenvalue weighted by molar-refractivity contribution is 5.81. The number of carbonyl (C=O) groups excluding carboxylic acids is 1. The number of nitrogens with one attached hydrogen (secondary N) is 1. The Morgan fingerprint density at radius 2 is 1.84 bits per heavy atom. The van der Waals surface area contributed by atoms with Gasteiger partial charge in [-0.15, -0.1) is 0 Å². The molecule has 0 fully saturated rings. The van der Waals surface area contributed by atoms with Crippen molar-refractivity contribution in [1.29, 1.82) is 0 Å². The zero-order valence-electron chi connectivity index (χ0n) is 17.8. The van der Waals surface area contributed by atoms with Gasteiger partial charge in [-0.25, -0.2) is 0 Å². The first-order valence-corrected chi connectivity index (χ1v) is 10.6. The Labute approximate surface area is 181 Å². The third kappa shape index (κ3) is 5.15. The van der Waals surface area contributed by atoms with E-state index >= 15 is 0 Å². The highest BCUT2D eigenvalue weighted by Crippen LogP contribution is 2.21. The topological polar surface area (TPSA) is 80.9 Å². The van der Waals surface area contributed by atoms with E-state index in [9.17, 15) is 4.79 Å². The molecule has 0 aliphatic heterocycles. The predicted molar refractivity (Wildman–Crippen MR) is 121 cm³/mol. The number of amides is 1. The van der Waals surface area contributed by atoms with E-state index in [1.165, 1.54) is 5.56 Å². The largest absolute Gasteiger partial charge is 0.356 e. The number of rotatable bonds is 8. The third-order valence-corrected chi connectivity index (χ3v) is 5.30. The van der Waals surface area contributed by atoms with Crippen molar-refractivity contribution in [3.63, 3.8) is 0 Å². The molecule has 2 aromatic heterocycles. The summed E-state index contributed by atoms with van der Waals surface area (Å²) in [5.41, 5.74) is 4.29. The van der Waals surface area contributed by atoms with E-state index in [0.717, 1.165) is 28.5 Å². The average molecular weight is 415 g/mol. The van der Waals surface area contributed by atoms with E-state index in [1.54, 1.807) is 6.20 Å². The molecule has 31 heavy (non-hydrogen) atoms. The van der Waals surface area contributed by atoms with Crippen LogP contribution in [0.3, 0.4) is 0 Å². The minimum Gasteiger partial charge on any atom is -0.356 e. The minimum absolute atomic E-state index is 0.0331. The van der Waals surface area contributed by atoms with Crippen LogP contribution >= 0.6 is 0 Å². The number of benzene rings is 2. The van der Waals surface area contributed by atoms with Crippen molar-refractivity contribution in [1.82, 2.24) is 20.4 Å². The zero-order chi connectivity index (χ0) is 21.6. The van der Waals surface area contributed by atoms with E-state index in [4.69, 9.17) is 4.52 Å². The fourth-order valence-electron chi connectivity index (χ4n) is 3.51. The van der Waals surface area contributed by atoms with Crippen LogP contribution in [0.2, 0.25) is 0 Å². The fraction of sp³-hybridized carbons (Fsp3) is 0.280. The number of fused-ring (bicyclic) bond motifs is 1. The normalized spacial score (nSPS) is 11.2. The molecule has 158 valence electrons. The van der Waals surface area contributed by atoms with E-state index < -0.39 is 0 Å². The molecule has 0 radical (unpaired) electrons. The van der Waals surface area contributed by atoms with E-state index in [0.29, 0.717) is 37.0 Å². The Morgan fingerprint density at radius 1 is 1.03 bits per heavy atom. The van der Waals surface area contributed by atoms with Crippen molar-refractivity contribution in [2.75, 3.05) is 6.54 Å². The molecule has 2 aromatic carbocycles. The van der Waals surface area contributed by atoms with Crippen molar-refractivity contribution in [3.05, 3.63) is 77.8 Å². The molecule has 0 aliphatic rings. The first-order chi connectivity index (χ1) is 15.1. The second-order valence-electron chi connectivity index (χ2n) is 7.88. The smallest absolute Gasteiger partial charge is 0.227 e. The lowest BCUT2D eigenvalue weighted by Crippen LogP contribution is -2.26. The molecule has 0 bridgehead atoms. The lowest BCUT2D eigenvalue weighted by atomic mass is 10.0. The molecule has 0 atom stereocenters. The number of hydrogen-bond donors (Lipinski definition) is 1. The molecular formula is C25H26N4O2. The first-order valence-electron chi connectivity index (χ1n) is 10.6. The molecule has 0 unspecified atom stereocenters. The summed E-state index contributed by atoms with van der Waals surface area (Å²) >= 11 is 0. The molecule has 0 aliphatic carbocycles. The maximum atomic E-state index is 12.2. The molecule has 4 aromatic rings. The Bertz CT molecular complexity index is 1160. The summed E-state index contributed by atoms with van der Waals surface area (Å²) in [6, 6.07) is 18.2. The average Bonchev–Trinajstić information content (AvgIpc) is 3.27. The highest BCUT2D eigenvalue weighted by atomic mass is 16.5. The van der Waals surface area contributed by atoms with Crippen LogP contribution in [-0.4, -0.2) is 27.6 Å². The zero-order valence-corrected chi connectivity index (χ0v) is 17.8. The van der Waals surface area contributed by atoms with Gasteiger partial charge >= 0.3 is 0 Å². The predicted octanol–water partition coefficient (Wildman–Crippen LogP) is 4.70. The summed E-state index contributed by atoms with van der Waals surface area (Å²) < 4.78 is 5.32. The van der Waals surface area contributed by atoms with E-state index in [1.807, 2.05) is 36.4 Å². The van der Waals surface area contributed by atoms with Crippen molar-refractivity contribution in [2.24, 2.45) is 0 Å². The van der Waals surface area contributed by atoms with Crippen LogP contribution in [0.15, 0.2) is 65.3 Å². The maximum absolute atomic E-state index is 12.2. The number of hydrogen-bond acceptors (Lipinski definition) is 5. The van der Waals surface area contributed by atoms with Crippen molar-refractivity contribution < 1.29 is 9.32 Å². The lowest BCUT2D eigenvalue weighted by molar-refractivity contribution is -0.121. The van der Waals surface area contributed by atoms with Gasteiger partial charge in [0.25, 0.3) is 0 Å². The number of nitrogens with zero attached hydrogens (tertiary/aromatic N) is 3. The second-order valence-corrected chi connectivity index (χ2v) is 7.88. The molecule has 0 saturated heterocycles. The van der Waals surface area contributed by atoms with Crippen LogP contribution < -0.4 is 5.32 Å². The highest BCUT2D eigenvalue weighted by Gasteiger charge is 2.11. The molecule has 0 saturated carbocycles. The van der Waals surface area contributed by atoms with Gasteiger partial charge in [-0.05, 0) is 29.5 Å². The Hall–Kier alpha value is -3.54. The van der Waals surface area contributed by atoms with Crippen LogP contribution in [0.1, 0.15) is 43.2 Å². The van der Waals surface area contributed by atoms with Crippen LogP contribution in [-0.2, 0) is 17.6 Å². The van der Waals surface area contributed by atoms with Crippen LogP contribution in [0.4, 0.5) is 0 Å². The van der Waals surface area contributed by atoms with Crippen LogP contribution in [0.25, 0.3) is 22.3 Å². The van der Waals surface area contributed by atoms with Gasteiger partial charge < -0.3 is 9.84 Å². The molecule has 6 heteroatoms. The molecule has 1 amide bonds. The summed E-state index contributed by atoms with van der Waals surface area (Å²) in [6.07, 6.45) is 3.25. The summed E-state index contributed by atoms with van der Waals surface area (Å²) in [4.78, 5) is 21.1. The number of carbonyl (C=O) groups is 1. The Kier molecular flexibility index (Phi) is 6.36. The summed E-state index contributed by atoms with van der Waals surface area (Å²) in [5.74, 6) is 1.46. The van der Waals surface area contributed by atoms with Gasteiger partial charge in [-0.1, -0.05) is 67.5 Å². The summed E-state index contributed by atoms with van der Waals surface area (Å²) in [7, 11) is 0. The molecule has 1 N–H and O–H groups in total. The minimum atomic E-state index is -0.0331. The van der Waals surface area contributed by atoms with Crippen LogP contribution in [0, 0.1) is 0 Å². The van der Waals surface area contributed by atoms with Gasteiger partial charge in [-0.2, -0.15) is 4.98 Å². The molecule has 4 rings (SSSR count). The van der Waals surface area contributed by atoms with Crippen molar-refractivity contribution >= 4 is 16.8 Å². The fourth-order valence-corrected chi connectivity index (χ4v) is 3.51. The molecular weight excluding hydrogens is 388 g/mol. The van der Waals surface area contributed by atoms with Gasteiger partial charge in [0.2, 0.25) is 17.6 Å². The lowest BCUT2D eigenvalue weighted by Gasteiger charge is -2.07. The molecule has 0 spiro atoms. The monoisotopic (exact) mass is 414 g/mol. The van der Waals surface area contributed by atoms with Crippen LogP contribution in [0.5, 0.6) is 0 Å². The standard InChI is InChI=1S/C25H26N4O2/c1-17(2)18-8-10-21(11-9-18)25-28-23(31-29-25)13-12-22(30)26-16-14-20-6-3-5-19-7-4-15-27-24(19)20/h3-11,15,17H,12-14,16H2,1-2H3,(H,26,30). The second kappa shape index (κ2) is 9.51. The third-order valence-electron chi connectivity index (χ3n) is 5.30. The maximum Gasteiger partial charge on any atom is 0.227 e. The number of aryl methyl sites for hydroxylation is 1. The summed E-state index contributed by atoms with van der Waals surface area (Å²) in [5, 5.41) is 8.12. The van der Waals surface area contributed by atoms with Gasteiger partial charge in [0.15, 0.2) is 0 Å². The van der Waals surface area contributed by atoms with Gasteiger partial charge in [0.05, 0.1) is 5.52 Å². The van der Waals surface area contributed by atoms with Gasteiger partial charge in [-0.3, -0.25) is 9.78 Å². The number of para-hydroxylation sites is 1. The van der Waals surface area contributed by atoms with Crippen molar-refractivity contribution in [2.45, 2.75) is 39.0 Å². The Morgan fingerprint density at radius 3 is 2.65 bits per heavy atom. The molecule has 2 heterocycles. The van der Waals surface area contributed by atoms with Gasteiger partial charge in [0, 0.05) is 36.5 Å². The SMILES string of the molecule is CC(C)c1ccc(-c2noc(CCC(=O)NCCc3cccc4cccnc34)n2)cc1. The van der Waals surface area contributed by atoms with Crippen molar-refractivity contribution in [3.8, 4) is 11.4 Å². The van der Waals surface area contributed by atoms with E-state index in [-0.39, 0.29) is 5.91 Å². The van der Waals surface area contributed by atoms with Gasteiger partial charge in [0.1, 0.15) is 0 Å². The quantitative estimate of drug-likeness (QED) is 0.452. The summed E-state index contributed by atoms with van der Waals surface area (Å²) in [6.45, 7) is 4.88.